The van der Waals surface area contributed by atoms with Crippen LogP contribution >= 0.6 is 0 Å². The molecule has 0 saturated carbocycles. The minimum atomic E-state index is -0.594. The molecule has 3 atom stereocenters. The quantitative estimate of drug-likeness (QED) is 0.671. The van der Waals surface area contributed by atoms with Gasteiger partial charge in [-0.25, -0.2) is 0 Å². The average molecular weight is 276 g/mol. The van der Waals surface area contributed by atoms with Gasteiger partial charge in [0.1, 0.15) is 5.75 Å². The molecule has 0 aliphatic heterocycles. The maximum atomic E-state index is 10.0. The summed E-state index contributed by atoms with van der Waals surface area (Å²) in [5.74, 6) is -0.0440. The van der Waals surface area contributed by atoms with Crippen molar-refractivity contribution in [2.75, 3.05) is 0 Å². The number of phenolic OH excluding ortho intramolecular Hbond substituents is 1. The van der Waals surface area contributed by atoms with Gasteiger partial charge in [0, 0.05) is 5.92 Å². The van der Waals surface area contributed by atoms with E-state index in [1.807, 2.05) is 25.1 Å². The molecule has 20 heavy (non-hydrogen) atoms. The standard InChI is InChI=1S/C17H24O3/c1-4-16(13(3)18)17(20)10-5-12(2)11-14-6-8-15(19)9-7-14/h4,6-9,11,13,16-20H,1,5,10H2,2-3H3/b12-11+/t13-,16+,17-/m1/s1. The van der Waals surface area contributed by atoms with Gasteiger partial charge in [0.15, 0.2) is 0 Å². The number of aromatic hydroxyl groups is 1. The maximum absolute atomic E-state index is 10.0. The SMILES string of the molecule is C=C[C@H]([C@H](O)CC/C(C)=C/c1ccc(O)cc1)[C@@H](C)O. The van der Waals surface area contributed by atoms with E-state index in [4.69, 9.17) is 0 Å². The summed E-state index contributed by atoms with van der Waals surface area (Å²) in [6.07, 6.45) is 3.78. The Kier molecular flexibility index (Phi) is 6.49. The highest BCUT2D eigenvalue weighted by molar-refractivity contribution is 5.53. The first kappa shape index (κ1) is 16.5. The number of hydrogen-bond acceptors (Lipinski definition) is 3. The number of phenols is 1. The highest BCUT2D eigenvalue weighted by Crippen LogP contribution is 2.19. The van der Waals surface area contributed by atoms with Crippen molar-refractivity contribution >= 4 is 6.08 Å². The van der Waals surface area contributed by atoms with Gasteiger partial charge >= 0.3 is 0 Å². The van der Waals surface area contributed by atoms with Crippen LogP contribution in [0.4, 0.5) is 0 Å². The molecule has 0 bridgehead atoms. The molecular weight excluding hydrogens is 252 g/mol. The Bertz CT molecular complexity index is 446. The molecule has 0 aliphatic carbocycles. The highest BCUT2D eigenvalue weighted by atomic mass is 16.3. The van der Waals surface area contributed by atoms with E-state index in [-0.39, 0.29) is 11.7 Å². The molecule has 0 heterocycles. The molecule has 0 spiro atoms. The van der Waals surface area contributed by atoms with Crippen molar-refractivity contribution in [1.29, 1.82) is 0 Å². The second-order valence-electron chi connectivity index (χ2n) is 5.24. The van der Waals surface area contributed by atoms with Crippen LogP contribution in [0, 0.1) is 5.92 Å². The Morgan fingerprint density at radius 1 is 1.25 bits per heavy atom. The number of hydrogen-bond donors (Lipinski definition) is 3. The molecule has 0 fully saturated rings. The highest BCUT2D eigenvalue weighted by Gasteiger charge is 2.20. The van der Waals surface area contributed by atoms with E-state index in [1.165, 1.54) is 0 Å². The Hall–Kier alpha value is -1.58. The summed E-state index contributed by atoms with van der Waals surface area (Å²) in [7, 11) is 0. The molecular formula is C17H24O3. The van der Waals surface area contributed by atoms with E-state index in [9.17, 15) is 15.3 Å². The zero-order valence-electron chi connectivity index (χ0n) is 12.2. The topological polar surface area (TPSA) is 60.7 Å². The van der Waals surface area contributed by atoms with Crippen molar-refractivity contribution < 1.29 is 15.3 Å². The van der Waals surface area contributed by atoms with Crippen LogP contribution in [0.5, 0.6) is 5.75 Å². The van der Waals surface area contributed by atoms with E-state index in [2.05, 4.69) is 6.58 Å². The Balaban J connectivity index is 2.56. The van der Waals surface area contributed by atoms with Gasteiger partial charge in [0.2, 0.25) is 0 Å². The van der Waals surface area contributed by atoms with Crippen LogP contribution in [0.25, 0.3) is 6.08 Å². The van der Waals surface area contributed by atoms with Crippen LogP contribution in [0.1, 0.15) is 32.3 Å². The molecule has 1 rings (SSSR count). The average Bonchev–Trinajstić information content (AvgIpc) is 2.39. The summed E-state index contributed by atoms with van der Waals surface area (Å²) >= 11 is 0. The summed E-state index contributed by atoms with van der Waals surface area (Å²) in [6.45, 7) is 7.31. The number of aliphatic hydroxyl groups excluding tert-OH is 2. The molecule has 3 heteroatoms. The first-order chi connectivity index (χ1) is 9.43. The lowest BCUT2D eigenvalue weighted by atomic mass is 9.92. The summed E-state index contributed by atoms with van der Waals surface area (Å²) in [4.78, 5) is 0. The summed E-state index contributed by atoms with van der Waals surface area (Å²) in [5.41, 5.74) is 2.16. The van der Waals surface area contributed by atoms with Crippen LogP contribution in [0.2, 0.25) is 0 Å². The molecule has 3 N–H and O–H groups in total. The lowest BCUT2D eigenvalue weighted by molar-refractivity contribution is 0.0422. The van der Waals surface area contributed by atoms with Gasteiger partial charge in [-0.3, -0.25) is 0 Å². The fraction of sp³-hybridized carbons (Fsp3) is 0.412. The number of rotatable bonds is 7. The first-order valence-corrected chi connectivity index (χ1v) is 6.89. The third-order valence-electron chi connectivity index (χ3n) is 3.41. The molecule has 0 radical (unpaired) electrons. The molecule has 0 saturated heterocycles. The zero-order valence-corrected chi connectivity index (χ0v) is 12.2. The van der Waals surface area contributed by atoms with Gasteiger partial charge < -0.3 is 15.3 Å². The number of allylic oxidation sites excluding steroid dienone is 1. The van der Waals surface area contributed by atoms with Gasteiger partial charge in [-0.05, 0) is 44.4 Å². The third kappa shape index (κ3) is 5.19. The number of aliphatic hydroxyl groups is 2. The van der Waals surface area contributed by atoms with Gasteiger partial charge in [-0.1, -0.05) is 29.9 Å². The van der Waals surface area contributed by atoms with Crippen molar-refractivity contribution in [2.45, 2.75) is 38.9 Å². The molecule has 0 aromatic heterocycles. The van der Waals surface area contributed by atoms with Gasteiger partial charge in [-0.2, -0.15) is 0 Å². The van der Waals surface area contributed by atoms with E-state index in [0.717, 1.165) is 17.6 Å². The van der Waals surface area contributed by atoms with E-state index >= 15 is 0 Å². The lowest BCUT2D eigenvalue weighted by Crippen LogP contribution is -2.28. The molecule has 0 unspecified atom stereocenters. The Morgan fingerprint density at radius 2 is 1.85 bits per heavy atom. The normalized spacial score (nSPS) is 16.5. The minimum Gasteiger partial charge on any atom is -0.508 e. The summed E-state index contributed by atoms with van der Waals surface area (Å²) in [5, 5.41) is 28.8. The lowest BCUT2D eigenvalue weighted by Gasteiger charge is -2.22. The minimum absolute atomic E-state index is 0.251. The van der Waals surface area contributed by atoms with Crippen LogP contribution in [-0.4, -0.2) is 27.5 Å². The fourth-order valence-corrected chi connectivity index (χ4v) is 2.17. The molecule has 110 valence electrons. The van der Waals surface area contributed by atoms with Crippen molar-refractivity contribution in [2.24, 2.45) is 5.92 Å². The van der Waals surface area contributed by atoms with Crippen LogP contribution in [0.15, 0.2) is 42.5 Å². The van der Waals surface area contributed by atoms with Crippen molar-refractivity contribution in [3.8, 4) is 5.75 Å². The second kappa shape index (κ2) is 7.88. The first-order valence-electron chi connectivity index (χ1n) is 6.89. The third-order valence-corrected chi connectivity index (χ3v) is 3.41. The van der Waals surface area contributed by atoms with Crippen LogP contribution in [-0.2, 0) is 0 Å². The van der Waals surface area contributed by atoms with Crippen molar-refractivity contribution in [3.63, 3.8) is 0 Å². The zero-order chi connectivity index (χ0) is 15.1. The van der Waals surface area contributed by atoms with Crippen molar-refractivity contribution in [1.82, 2.24) is 0 Å². The Morgan fingerprint density at radius 3 is 2.35 bits per heavy atom. The monoisotopic (exact) mass is 276 g/mol. The summed E-state index contributed by atoms with van der Waals surface area (Å²) in [6, 6.07) is 6.99. The smallest absolute Gasteiger partial charge is 0.115 e. The van der Waals surface area contributed by atoms with Crippen LogP contribution in [0.3, 0.4) is 0 Å². The fourth-order valence-electron chi connectivity index (χ4n) is 2.17. The predicted octanol–water partition coefficient (Wildman–Crippen LogP) is 3.12. The molecule has 1 aromatic rings. The van der Waals surface area contributed by atoms with Gasteiger partial charge in [0.05, 0.1) is 12.2 Å². The maximum Gasteiger partial charge on any atom is 0.115 e. The second-order valence-corrected chi connectivity index (χ2v) is 5.24. The van der Waals surface area contributed by atoms with Crippen LogP contribution < -0.4 is 0 Å². The van der Waals surface area contributed by atoms with Gasteiger partial charge in [0.25, 0.3) is 0 Å². The van der Waals surface area contributed by atoms with Gasteiger partial charge in [-0.15, -0.1) is 6.58 Å². The largest absolute Gasteiger partial charge is 0.508 e. The Labute approximate surface area is 120 Å². The van der Waals surface area contributed by atoms with E-state index in [0.29, 0.717) is 6.42 Å². The van der Waals surface area contributed by atoms with Crippen molar-refractivity contribution in [3.05, 3.63) is 48.1 Å². The molecule has 0 aliphatic rings. The number of benzene rings is 1. The van der Waals surface area contributed by atoms with E-state index < -0.39 is 12.2 Å². The predicted molar refractivity (Wildman–Crippen MR) is 82.4 cm³/mol. The van der Waals surface area contributed by atoms with E-state index in [1.54, 1.807) is 25.1 Å². The molecule has 0 amide bonds. The molecule has 1 aromatic carbocycles. The summed E-state index contributed by atoms with van der Waals surface area (Å²) < 4.78 is 0. The molecule has 3 nitrogen and oxygen atoms in total.